The maximum absolute atomic E-state index is 14.0. The number of piperazine rings is 1. The van der Waals surface area contributed by atoms with Crippen LogP contribution in [0.25, 0.3) is 0 Å². The number of anilines is 1. The third kappa shape index (κ3) is 5.70. The number of carboxylic acid groups (broad SMARTS) is 1. The number of aliphatic hydroxyl groups excluding tert-OH is 1. The first-order chi connectivity index (χ1) is 18.2. The minimum Gasteiger partial charge on any atom is -0.465 e. The van der Waals surface area contributed by atoms with Gasteiger partial charge in [0.2, 0.25) is 5.91 Å². The van der Waals surface area contributed by atoms with Crippen LogP contribution in [0.4, 0.5) is 10.6 Å². The summed E-state index contributed by atoms with van der Waals surface area (Å²) in [7, 11) is 0. The molecule has 0 radical (unpaired) electrons. The van der Waals surface area contributed by atoms with E-state index in [1.807, 2.05) is 51.7 Å². The second kappa shape index (κ2) is 10.9. The van der Waals surface area contributed by atoms with E-state index in [0.717, 1.165) is 16.9 Å². The van der Waals surface area contributed by atoms with Crippen molar-refractivity contribution in [1.82, 2.24) is 19.8 Å². The molecule has 1 aromatic heterocycles. The molecule has 1 aliphatic carbocycles. The van der Waals surface area contributed by atoms with Crippen molar-refractivity contribution in [3.05, 3.63) is 52.4 Å². The number of halogens is 1. The van der Waals surface area contributed by atoms with Gasteiger partial charge in [-0.15, -0.1) is 0 Å². The maximum Gasteiger partial charge on any atom is 0.407 e. The fourth-order valence-corrected chi connectivity index (χ4v) is 5.59. The molecular formula is C29H40ClN5O4. The average Bonchev–Trinajstić information content (AvgIpc) is 3.17. The van der Waals surface area contributed by atoms with Crippen LogP contribution in [0.5, 0.6) is 0 Å². The van der Waals surface area contributed by atoms with Gasteiger partial charge in [0.05, 0.1) is 17.7 Å². The molecular weight excluding hydrogens is 518 g/mol. The van der Waals surface area contributed by atoms with Gasteiger partial charge in [0.25, 0.3) is 0 Å². The molecule has 0 unspecified atom stereocenters. The fourth-order valence-electron chi connectivity index (χ4n) is 5.47. The van der Waals surface area contributed by atoms with Crippen LogP contribution in [-0.2, 0) is 4.79 Å². The van der Waals surface area contributed by atoms with E-state index in [-0.39, 0.29) is 23.8 Å². The molecule has 2 aliphatic rings. The molecule has 2 heterocycles. The maximum atomic E-state index is 14.0. The summed E-state index contributed by atoms with van der Waals surface area (Å²) in [4.78, 5) is 40.8. The Bertz CT molecular complexity index is 1210. The summed E-state index contributed by atoms with van der Waals surface area (Å²) < 4.78 is 0. The van der Waals surface area contributed by atoms with Gasteiger partial charge in [0.15, 0.2) is 0 Å². The molecule has 1 aliphatic heterocycles. The molecule has 2 aromatic rings. The predicted octanol–water partition coefficient (Wildman–Crippen LogP) is 4.91. The fraction of sp³-hybridized carbons (Fsp3) is 0.586. The lowest BCUT2D eigenvalue weighted by molar-refractivity contribution is -0.134. The third-order valence-corrected chi connectivity index (χ3v) is 9.10. The highest BCUT2D eigenvalue weighted by Gasteiger charge is 2.44. The molecule has 10 heteroatoms. The van der Waals surface area contributed by atoms with Crippen LogP contribution in [0, 0.1) is 5.41 Å². The topological polar surface area (TPSA) is 110 Å². The summed E-state index contributed by atoms with van der Waals surface area (Å²) in [5.41, 5.74) is 1.35. The van der Waals surface area contributed by atoms with Gasteiger partial charge in [-0.1, -0.05) is 51.4 Å². The van der Waals surface area contributed by atoms with Crippen molar-refractivity contribution in [3.8, 4) is 0 Å². The van der Waals surface area contributed by atoms with Crippen molar-refractivity contribution in [2.24, 2.45) is 5.41 Å². The van der Waals surface area contributed by atoms with Crippen LogP contribution in [0.1, 0.15) is 82.7 Å². The number of nitrogens with zero attached hydrogens (tertiary/aromatic N) is 5. The largest absolute Gasteiger partial charge is 0.465 e. The molecule has 212 valence electrons. The monoisotopic (exact) mass is 557 g/mol. The zero-order valence-corrected chi connectivity index (χ0v) is 24.4. The summed E-state index contributed by atoms with van der Waals surface area (Å²) in [6.07, 6.45) is 0.503. The van der Waals surface area contributed by atoms with Crippen LogP contribution in [-0.4, -0.2) is 80.2 Å². The van der Waals surface area contributed by atoms with Gasteiger partial charge in [-0.3, -0.25) is 4.79 Å². The highest BCUT2D eigenvalue weighted by atomic mass is 35.5. The first kappa shape index (κ1) is 29.1. The molecule has 1 saturated heterocycles. The number of benzene rings is 1. The molecule has 0 bridgehead atoms. The molecule has 3 atom stereocenters. The second-order valence-electron chi connectivity index (χ2n) is 12.3. The minimum absolute atomic E-state index is 0.0368. The van der Waals surface area contributed by atoms with Crippen LogP contribution < -0.4 is 4.90 Å². The Balaban J connectivity index is 1.57. The molecule has 9 nitrogen and oxygen atoms in total. The predicted molar refractivity (Wildman–Crippen MR) is 151 cm³/mol. The number of hydrogen-bond acceptors (Lipinski definition) is 6. The number of aromatic nitrogens is 2. The highest BCUT2D eigenvalue weighted by molar-refractivity contribution is 6.30. The van der Waals surface area contributed by atoms with Crippen molar-refractivity contribution in [2.75, 3.05) is 37.6 Å². The standard InChI is InChI=1S/C29H40ClN5O4/c1-18-15-22(36)24-23(18)25(32-17-31-24)33-11-13-34(14-12-33)26(37)21(19-7-9-20(30)10-8-19)16-35(27(38)39)29(5,6)28(2,3)4/h7-10,17-18,21-22,36H,11-16H2,1-6H3,(H,38,39)/t18-,21-,22-/m1/s1. The number of carbonyl (C=O) groups is 2. The lowest BCUT2D eigenvalue weighted by atomic mass is 9.74. The Morgan fingerprint density at radius 1 is 1.08 bits per heavy atom. The summed E-state index contributed by atoms with van der Waals surface area (Å²) >= 11 is 6.14. The van der Waals surface area contributed by atoms with Crippen molar-refractivity contribution in [1.29, 1.82) is 0 Å². The number of aliphatic hydroxyl groups is 1. The normalized spacial score (nSPS) is 20.5. The minimum atomic E-state index is -1.06. The van der Waals surface area contributed by atoms with Crippen LogP contribution in [0.3, 0.4) is 0 Å². The van der Waals surface area contributed by atoms with E-state index in [2.05, 4.69) is 21.8 Å². The first-order valence-corrected chi connectivity index (χ1v) is 13.9. The van der Waals surface area contributed by atoms with Gasteiger partial charge in [-0.25, -0.2) is 14.8 Å². The summed E-state index contributed by atoms with van der Waals surface area (Å²) in [6, 6.07) is 7.09. The zero-order chi connectivity index (χ0) is 28.7. The van der Waals surface area contributed by atoms with E-state index < -0.39 is 23.7 Å². The van der Waals surface area contributed by atoms with Gasteiger partial charge >= 0.3 is 6.09 Å². The van der Waals surface area contributed by atoms with Gasteiger partial charge in [0, 0.05) is 48.8 Å². The lowest BCUT2D eigenvalue weighted by Gasteiger charge is -2.47. The lowest BCUT2D eigenvalue weighted by Crippen LogP contribution is -2.58. The van der Waals surface area contributed by atoms with Crippen molar-refractivity contribution in [2.45, 2.75) is 71.4 Å². The number of carbonyl (C=O) groups excluding carboxylic acids is 1. The molecule has 2 N–H and O–H groups in total. The summed E-state index contributed by atoms with van der Waals surface area (Å²) in [5, 5.41) is 21.2. The van der Waals surface area contributed by atoms with E-state index in [0.29, 0.717) is 43.3 Å². The Hall–Kier alpha value is -2.91. The molecule has 39 heavy (non-hydrogen) atoms. The molecule has 0 spiro atoms. The smallest absolute Gasteiger partial charge is 0.407 e. The molecule has 1 fully saturated rings. The van der Waals surface area contributed by atoms with Gasteiger partial charge in [-0.2, -0.15) is 0 Å². The van der Waals surface area contributed by atoms with Crippen molar-refractivity contribution >= 4 is 29.4 Å². The van der Waals surface area contributed by atoms with Crippen LogP contribution in [0.2, 0.25) is 5.02 Å². The molecule has 4 rings (SSSR count). The summed E-state index contributed by atoms with van der Waals surface area (Å²) in [6.45, 7) is 14.1. The van der Waals surface area contributed by atoms with Crippen LogP contribution in [0.15, 0.2) is 30.6 Å². The summed E-state index contributed by atoms with van der Waals surface area (Å²) in [5.74, 6) is 0.206. The Kier molecular flexibility index (Phi) is 8.15. The first-order valence-electron chi connectivity index (χ1n) is 13.5. The molecule has 1 aromatic carbocycles. The van der Waals surface area contributed by atoms with Crippen LogP contribution >= 0.6 is 11.6 Å². The van der Waals surface area contributed by atoms with E-state index in [9.17, 15) is 19.8 Å². The van der Waals surface area contributed by atoms with Gasteiger partial charge < -0.3 is 24.9 Å². The number of rotatable bonds is 6. The average molecular weight is 558 g/mol. The Morgan fingerprint density at radius 2 is 1.69 bits per heavy atom. The van der Waals surface area contributed by atoms with Gasteiger partial charge in [0.1, 0.15) is 12.1 Å². The zero-order valence-electron chi connectivity index (χ0n) is 23.7. The SMILES string of the molecule is C[C@@H]1C[C@@H](O)c2ncnc(N3CCN(C(=O)[C@H](CN(C(=O)O)C(C)(C)C(C)(C)C)c4ccc(Cl)cc4)CC3)c21. The third-order valence-electron chi connectivity index (χ3n) is 8.85. The van der Waals surface area contributed by atoms with E-state index in [4.69, 9.17) is 11.6 Å². The van der Waals surface area contributed by atoms with Crippen molar-refractivity contribution < 1.29 is 19.8 Å². The van der Waals surface area contributed by atoms with E-state index >= 15 is 0 Å². The van der Waals surface area contributed by atoms with E-state index in [1.54, 1.807) is 12.1 Å². The Labute approximate surface area is 235 Å². The highest BCUT2D eigenvalue weighted by Crippen LogP contribution is 2.43. The number of fused-ring (bicyclic) bond motifs is 1. The second-order valence-corrected chi connectivity index (χ2v) is 12.7. The molecule has 2 amide bonds. The van der Waals surface area contributed by atoms with E-state index in [1.165, 1.54) is 11.2 Å². The van der Waals surface area contributed by atoms with Gasteiger partial charge in [-0.05, 0) is 49.3 Å². The van der Waals surface area contributed by atoms with Crippen molar-refractivity contribution in [3.63, 3.8) is 0 Å². The Morgan fingerprint density at radius 3 is 2.26 bits per heavy atom. The quantitative estimate of drug-likeness (QED) is 0.519. The number of amides is 2. The number of hydrogen-bond donors (Lipinski definition) is 2. The molecule has 0 saturated carbocycles.